The van der Waals surface area contributed by atoms with E-state index in [0.717, 1.165) is 29.9 Å². The first-order valence-electron chi connectivity index (χ1n) is 24.5. The molecule has 3 fully saturated rings. The number of carbonyl (C=O) groups is 6. The maximum absolute atomic E-state index is 13.7. The lowest BCUT2D eigenvalue weighted by atomic mass is 9.82. The smallest absolute Gasteiger partial charge is 0.330 e. The highest BCUT2D eigenvalue weighted by molar-refractivity contribution is 7.25. The lowest BCUT2D eigenvalue weighted by Crippen LogP contribution is -2.33. The van der Waals surface area contributed by atoms with E-state index in [-0.39, 0.29) is 74.8 Å². The van der Waals surface area contributed by atoms with Gasteiger partial charge in [-0.15, -0.1) is 22.7 Å². The Morgan fingerprint density at radius 2 is 1.04 bits per heavy atom. The van der Waals surface area contributed by atoms with Gasteiger partial charge in [-0.25, -0.2) is 14.6 Å². The summed E-state index contributed by atoms with van der Waals surface area (Å²) in [5.74, 6) is -2.36. The molecule has 19 heteroatoms. The Morgan fingerprint density at radius 1 is 0.542 bits per heavy atom. The van der Waals surface area contributed by atoms with Crippen LogP contribution in [0.1, 0.15) is 77.0 Å². The molecule has 2 aromatic carbocycles. The van der Waals surface area contributed by atoms with Gasteiger partial charge in [-0.1, -0.05) is 19.2 Å². The zero-order valence-corrected chi connectivity index (χ0v) is 41.8. The number of thiazole rings is 1. The fourth-order valence-electron chi connectivity index (χ4n) is 8.74. The van der Waals surface area contributed by atoms with Crippen LogP contribution in [0.3, 0.4) is 0 Å². The van der Waals surface area contributed by atoms with Gasteiger partial charge in [0.1, 0.15) is 52.6 Å². The molecule has 0 bridgehead atoms. The third kappa shape index (κ3) is 16.0. The topological polar surface area (TPSA) is 208 Å². The van der Waals surface area contributed by atoms with Gasteiger partial charge in [0, 0.05) is 12.2 Å². The molecule has 3 aliphatic carbocycles. The number of benzene rings is 2. The maximum atomic E-state index is 13.7. The minimum Gasteiger partial charge on any atom is -0.491 e. The fraction of sp³-hybridized carbons (Fsp3) is 0.491. The first-order valence-corrected chi connectivity index (χ1v) is 26.2. The SMILES string of the molecule is C=CC(=O)OCCOCCOc1ccc(OC(=O)C2CCC(C(=O)Oc3ccc(OC(=O)C4CCC(C(=O)OC5CCC(OCCOCCOC(=O)C=C)CC5)CC4)c4nc(-c5cccs5)sc34)CC2)cc1. The quantitative estimate of drug-likeness (QED) is 0.0200. The minimum absolute atomic E-state index is 0.0647. The van der Waals surface area contributed by atoms with Gasteiger partial charge >= 0.3 is 35.8 Å². The Balaban J connectivity index is 0.831. The maximum Gasteiger partial charge on any atom is 0.330 e. The monoisotopic (exact) mass is 1030 g/mol. The van der Waals surface area contributed by atoms with E-state index in [4.69, 9.17) is 52.4 Å². The van der Waals surface area contributed by atoms with Crippen LogP contribution in [-0.2, 0) is 57.2 Å². The Kier molecular flexibility index (Phi) is 20.7. The molecule has 17 nitrogen and oxygen atoms in total. The second-order valence-corrected chi connectivity index (χ2v) is 19.5. The second-order valence-electron chi connectivity index (χ2n) is 17.6. The molecule has 3 saturated carbocycles. The molecule has 386 valence electrons. The van der Waals surface area contributed by atoms with Crippen molar-refractivity contribution in [2.24, 2.45) is 23.7 Å². The van der Waals surface area contributed by atoms with Crippen molar-refractivity contribution in [2.75, 3.05) is 52.9 Å². The van der Waals surface area contributed by atoms with E-state index in [1.54, 1.807) is 36.4 Å². The number of nitrogens with zero attached hydrogens (tertiary/aromatic N) is 1. The van der Waals surface area contributed by atoms with E-state index in [0.29, 0.717) is 117 Å². The Hall–Kier alpha value is -5.99. The third-order valence-corrected chi connectivity index (χ3v) is 14.8. The van der Waals surface area contributed by atoms with Gasteiger partial charge in [-0.3, -0.25) is 19.2 Å². The fourth-order valence-corrected chi connectivity index (χ4v) is 10.6. The van der Waals surface area contributed by atoms with Gasteiger partial charge in [0.15, 0.2) is 11.5 Å². The molecule has 0 saturated heterocycles. The van der Waals surface area contributed by atoms with Gasteiger partial charge in [0.2, 0.25) is 0 Å². The third-order valence-electron chi connectivity index (χ3n) is 12.7. The Bertz CT molecular complexity index is 2450. The highest BCUT2D eigenvalue weighted by Crippen LogP contribution is 2.43. The molecule has 0 spiro atoms. The molecule has 0 amide bonds. The van der Waals surface area contributed by atoms with Crippen molar-refractivity contribution in [3.05, 3.63) is 79.2 Å². The minimum atomic E-state index is -0.508. The van der Waals surface area contributed by atoms with Crippen molar-refractivity contribution in [1.29, 1.82) is 0 Å². The second kappa shape index (κ2) is 27.7. The van der Waals surface area contributed by atoms with E-state index in [1.165, 1.54) is 22.7 Å². The molecule has 0 aliphatic heterocycles. The lowest BCUT2D eigenvalue weighted by Gasteiger charge is -2.31. The lowest BCUT2D eigenvalue weighted by molar-refractivity contribution is -0.160. The molecule has 0 atom stereocenters. The van der Waals surface area contributed by atoms with Crippen molar-refractivity contribution in [2.45, 2.75) is 89.3 Å². The van der Waals surface area contributed by atoms with Crippen LogP contribution in [0.15, 0.2) is 79.2 Å². The van der Waals surface area contributed by atoms with Crippen LogP contribution in [0.25, 0.3) is 20.1 Å². The van der Waals surface area contributed by atoms with Crippen LogP contribution in [-0.4, -0.2) is 106 Å². The van der Waals surface area contributed by atoms with Gasteiger partial charge in [-0.2, -0.15) is 0 Å². The normalized spacial score (nSPS) is 20.9. The summed E-state index contributed by atoms with van der Waals surface area (Å²) < 4.78 is 56.4. The predicted octanol–water partition coefficient (Wildman–Crippen LogP) is 8.80. The van der Waals surface area contributed by atoms with Crippen molar-refractivity contribution < 1.29 is 76.1 Å². The molecular formula is C53H61NO16S2. The van der Waals surface area contributed by atoms with E-state index in [9.17, 15) is 28.8 Å². The van der Waals surface area contributed by atoms with Crippen molar-refractivity contribution >= 4 is 68.7 Å². The summed E-state index contributed by atoms with van der Waals surface area (Å²) in [6.07, 6.45) is 8.86. The number of ether oxygens (including phenoxy) is 10. The average Bonchev–Trinajstić information content (AvgIpc) is 4.12. The number of fused-ring (bicyclic) bond motifs is 1. The molecule has 4 aromatic rings. The van der Waals surface area contributed by atoms with Crippen molar-refractivity contribution in [3.63, 3.8) is 0 Å². The predicted molar refractivity (Wildman–Crippen MR) is 265 cm³/mol. The highest BCUT2D eigenvalue weighted by atomic mass is 32.1. The van der Waals surface area contributed by atoms with E-state index in [1.807, 2.05) is 17.5 Å². The number of aromatic nitrogens is 1. The standard InChI is InChI=1S/C53H61NO16S2/c1-3-45(55)65-31-27-61-25-29-63-38-15-19-40(20-16-38)67-50(57)34-7-11-36(12-8-34)52(59)69-42-23-24-43(48-47(42)54-49(72-48)44-6-5-33-71-44)70-53(60)37-13-9-35(10-14-37)51(58)68-41-21-17-39(18-22-41)64-30-26-62-28-32-66-46(56)4-2/h3-6,17-18,21-24,33-38,40H,1-2,7-16,19-20,25-32H2. The number of carbonyl (C=O) groups excluding carboxylic acids is 6. The van der Waals surface area contributed by atoms with Gasteiger partial charge in [0.05, 0.1) is 67.7 Å². The van der Waals surface area contributed by atoms with E-state index < -0.39 is 35.7 Å². The molecule has 0 radical (unpaired) electrons. The summed E-state index contributed by atoms with van der Waals surface area (Å²) in [5.41, 5.74) is 0.414. The first kappa shape index (κ1) is 53.8. The molecule has 2 heterocycles. The zero-order chi connectivity index (χ0) is 50.7. The molecule has 0 N–H and O–H groups in total. The number of thiophene rings is 1. The van der Waals surface area contributed by atoms with Gasteiger partial charge in [-0.05, 0) is 125 Å². The van der Waals surface area contributed by atoms with Crippen LogP contribution in [0, 0.1) is 23.7 Å². The summed E-state index contributed by atoms with van der Waals surface area (Å²) in [4.78, 5) is 81.6. The van der Waals surface area contributed by atoms with Crippen LogP contribution in [0.4, 0.5) is 0 Å². The van der Waals surface area contributed by atoms with Gasteiger partial charge < -0.3 is 47.4 Å². The van der Waals surface area contributed by atoms with E-state index >= 15 is 0 Å². The van der Waals surface area contributed by atoms with E-state index in [2.05, 4.69) is 13.2 Å². The Labute approximate surface area is 426 Å². The van der Waals surface area contributed by atoms with Crippen LogP contribution < -0.4 is 18.9 Å². The molecule has 2 aromatic heterocycles. The summed E-state index contributed by atoms with van der Waals surface area (Å²) in [5, 5.41) is 2.64. The number of hydrogen-bond acceptors (Lipinski definition) is 19. The summed E-state index contributed by atoms with van der Waals surface area (Å²) in [6.45, 7) is 8.86. The zero-order valence-electron chi connectivity index (χ0n) is 40.2. The molecule has 3 aliphatic rings. The van der Waals surface area contributed by atoms with Crippen LogP contribution in [0.2, 0.25) is 0 Å². The number of rotatable bonds is 25. The molecule has 7 rings (SSSR count). The van der Waals surface area contributed by atoms with Crippen LogP contribution in [0.5, 0.6) is 23.0 Å². The summed E-state index contributed by atoms with van der Waals surface area (Å²) in [6, 6.07) is 13.8. The summed E-state index contributed by atoms with van der Waals surface area (Å²) in [7, 11) is 0. The van der Waals surface area contributed by atoms with Crippen molar-refractivity contribution in [1.82, 2.24) is 4.98 Å². The largest absolute Gasteiger partial charge is 0.491 e. The highest BCUT2D eigenvalue weighted by Gasteiger charge is 2.36. The average molecular weight is 1030 g/mol. The molecule has 72 heavy (non-hydrogen) atoms. The number of hydrogen-bond donors (Lipinski definition) is 0. The Morgan fingerprint density at radius 3 is 1.61 bits per heavy atom. The van der Waals surface area contributed by atoms with Crippen molar-refractivity contribution in [3.8, 4) is 32.9 Å². The van der Waals surface area contributed by atoms with Gasteiger partial charge in [0.25, 0.3) is 0 Å². The van der Waals surface area contributed by atoms with Crippen LogP contribution >= 0.6 is 22.7 Å². The first-order chi connectivity index (χ1) is 35.1. The molecular weight excluding hydrogens is 971 g/mol. The molecule has 0 unspecified atom stereocenters. The number of esters is 6. The summed E-state index contributed by atoms with van der Waals surface area (Å²) >= 11 is 2.87.